The largest absolute Gasteiger partial charge is 0.444 e. The molecule has 194 valence electrons. The van der Waals surface area contributed by atoms with E-state index in [1.165, 1.54) is 5.56 Å². The van der Waals surface area contributed by atoms with Crippen molar-refractivity contribution in [3.63, 3.8) is 0 Å². The Morgan fingerprint density at radius 1 is 1.19 bits per heavy atom. The van der Waals surface area contributed by atoms with Gasteiger partial charge in [0.15, 0.2) is 0 Å². The van der Waals surface area contributed by atoms with E-state index in [0.29, 0.717) is 19.0 Å². The minimum absolute atomic E-state index is 0.184. The van der Waals surface area contributed by atoms with E-state index in [2.05, 4.69) is 23.0 Å². The van der Waals surface area contributed by atoms with Gasteiger partial charge in [-0.3, -0.25) is 15.0 Å². The molecular weight excluding hydrogens is 458 g/mol. The van der Waals surface area contributed by atoms with Crippen LogP contribution in [0.3, 0.4) is 0 Å². The summed E-state index contributed by atoms with van der Waals surface area (Å²) in [6, 6.07) is 2.01. The summed E-state index contributed by atoms with van der Waals surface area (Å²) < 4.78 is 7.93. The van der Waals surface area contributed by atoms with Crippen LogP contribution in [-0.4, -0.2) is 57.7 Å². The lowest BCUT2D eigenvalue weighted by Crippen LogP contribution is -2.49. The monoisotopic (exact) mass is 495 g/mol. The molecule has 1 aliphatic carbocycles. The van der Waals surface area contributed by atoms with E-state index < -0.39 is 5.60 Å². The van der Waals surface area contributed by atoms with Crippen molar-refractivity contribution in [2.75, 3.05) is 24.5 Å². The van der Waals surface area contributed by atoms with Crippen LogP contribution in [-0.2, 0) is 16.0 Å². The van der Waals surface area contributed by atoms with Crippen molar-refractivity contribution in [2.24, 2.45) is 5.41 Å². The average molecular weight is 496 g/mol. The summed E-state index contributed by atoms with van der Waals surface area (Å²) in [4.78, 5) is 44.7. The molecule has 4 amide bonds. The van der Waals surface area contributed by atoms with E-state index in [9.17, 15) is 14.4 Å². The topological polar surface area (TPSA) is 96.8 Å². The molecule has 1 saturated carbocycles. The van der Waals surface area contributed by atoms with Gasteiger partial charge in [0.25, 0.3) is 0 Å². The van der Waals surface area contributed by atoms with Crippen LogP contribution in [0.1, 0.15) is 77.8 Å². The van der Waals surface area contributed by atoms with Gasteiger partial charge in [-0.1, -0.05) is 6.92 Å². The van der Waals surface area contributed by atoms with Gasteiger partial charge >= 0.3 is 12.1 Å². The highest BCUT2D eigenvalue weighted by Gasteiger charge is 2.43. The summed E-state index contributed by atoms with van der Waals surface area (Å²) in [7, 11) is 0. The molecule has 2 aromatic heterocycles. The summed E-state index contributed by atoms with van der Waals surface area (Å²) >= 11 is 0. The van der Waals surface area contributed by atoms with Crippen LogP contribution >= 0.6 is 0 Å². The number of rotatable bonds is 3. The minimum Gasteiger partial charge on any atom is -0.444 e. The number of amides is 4. The van der Waals surface area contributed by atoms with Crippen LogP contribution < -0.4 is 10.2 Å². The standard InChI is InChI=1S/C27H37N5O4/c1-5-18-16-32(23-21(18)14-20(15-28-23)31-12-8-22(33)29-24(31)34)19-6-9-27(10-7-19)11-13-30(17-27)25(35)36-26(2,3)4/h14-16,19H,5-13,17H2,1-4H3,(H,29,33,34). The molecular formula is C27H37N5O4. The Hall–Kier alpha value is -3.10. The van der Waals surface area contributed by atoms with Gasteiger partial charge in [-0.2, -0.15) is 0 Å². The highest BCUT2D eigenvalue weighted by molar-refractivity contribution is 6.06. The van der Waals surface area contributed by atoms with E-state index in [1.54, 1.807) is 11.1 Å². The molecule has 0 radical (unpaired) electrons. The highest BCUT2D eigenvalue weighted by Crippen LogP contribution is 2.48. The van der Waals surface area contributed by atoms with E-state index in [-0.39, 0.29) is 23.4 Å². The molecule has 3 fully saturated rings. The fourth-order valence-corrected chi connectivity index (χ4v) is 6.02. The van der Waals surface area contributed by atoms with Crippen molar-refractivity contribution < 1.29 is 19.1 Å². The number of fused-ring (bicyclic) bond motifs is 1. The number of nitrogens with zero attached hydrogens (tertiary/aromatic N) is 4. The summed E-state index contributed by atoms with van der Waals surface area (Å²) in [5, 5.41) is 3.46. The number of imide groups is 1. The summed E-state index contributed by atoms with van der Waals surface area (Å²) in [5.74, 6) is -0.239. The van der Waals surface area contributed by atoms with Gasteiger partial charge in [0.2, 0.25) is 5.91 Å². The molecule has 2 aromatic rings. The lowest BCUT2D eigenvalue weighted by atomic mass is 9.72. The molecule has 1 spiro atoms. The molecule has 9 heteroatoms. The maximum Gasteiger partial charge on any atom is 0.410 e. The molecule has 2 aliphatic heterocycles. The molecule has 9 nitrogen and oxygen atoms in total. The van der Waals surface area contributed by atoms with Gasteiger partial charge in [-0.05, 0) is 76.3 Å². The molecule has 1 N–H and O–H groups in total. The van der Waals surface area contributed by atoms with Crippen LogP contribution in [0.15, 0.2) is 18.5 Å². The fourth-order valence-electron chi connectivity index (χ4n) is 6.02. The number of carbonyl (C=O) groups excluding carboxylic acids is 3. The normalized spacial score (nSPS) is 25.1. The minimum atomic E-state index is -0.473. The number of anilines is 1. The van der Waals surface area contributed by atoms with E-state index >= 15 is 0 Å². The third-order valence-corrected chi connectivity index (χ3v) is 7.98. The Bertz CT molecular complexity index is 1190. The van der Waals surface area contributed by atoms with Crippen molar-refractivity contribution in [3.8, 4) is 0 Å². The molecule has 5 rings (SSSR count). The fraction of sp³-hybridized carbons (Fsp3) is 0.630. The quantitative estimate of drug-likeness (QED) is 0.661. The number of aryl methyl sites for hydroxylation is 1. The molecule has 2 saturated heterocycles. The Balaban J connectivity index is 1.30. The summed E-state index contributed by atoms with van der Waals surface area (Å²) in [6.07, 6.45) is 10.2. The number of pyridine rings is 1. The Kier molecular flexibility index (Phi) is 6.21. The molecule has 0 aromatic carbocycles. The smallest absolute Gasteiger partial charge is 0.410 e. The van der Waals surface area contributed by atoms with Crippen LogP contribution in [0, 0.1) is 5.41 Å². The maximum atomic E-state index is 12.6. The Morgan fingerprint density at radius 2 is 1.94 bits per heavy atom. The number of ether oxygens (including phenoxy) is 1. The van der Waals surface area contributed by atoms with Crippen molar-refractivity contribution in [2.45, 2.75) is 84.3 Å². The third-order valence-electron chi connectivity index (χ3n) is 7.98. The summed E-state index contributed by atoms with van der Waals surface area (Å²) in [6.45, 7) is 9.78. The number of carbonyl (C=O) groups is 3. The van der Waals surface area contributed by atoms with Crippen molar-refractivity contribution >= 4 is 34.8 Å². The number of likely N-dealkylation sites (tertiary alicyclic amines) is 1. The van der Waals surface area contributed by atoms with Gasteiger partial charge in [0.05, 0.1) is 11.9 Å². The predicted molar refractivity (Wildman–Crippen MR) is 137 cm³/mol. The van der Waals surface area contributed by atoms with E-state index in [4.69, 9.17) is 9.72 Å². The van der Waals surface area contributed by atoms with E-state index in [1.807, 2.05) is 31.7 Å². The molecule has 0 atom stereocenters. The predicted octanol–water partition coefficient (Wildman–Crippen LogP) is 4.79. The molecule has 0 bridgehead atoms. The first-order valence-electron chi connectivity index (χ1n) is 13.2. The average Bonchev–Trinajstić information content (AvgIpc) is 3.40. The van der Waals surface area contributed by atoms with Gasteiger partial charge in [0.1, 0.15) is 11.2 Å². The SMILES string of the molecule is CCc1cn(C2CCC3(CC2)CCN(C(=O)OC(C)(C)C)C3)c2ncc(N3CCC(=O)NC3=O)cc12. The van der Waals surface area contributed by atoms with Gasteiger partial charge in [0, 0.05) is 43.7 Å². The van der Waals surface area contributed by atoms with Crippen LogP contribution in [0.5, 0.6) is 0 Å². The van der Waals surface area contributed by atoms with Crippen LogP contribution in [0.2, 0.25) is 0 Å². The van der Waals surface area contributed by atoms with Crippen LogP contribution in [0.25, 0.3) is 11.0 Å². The van der Waals surface area contributed by atoms with Crippen molar-refractivity contribution in [1.82, 2.24) is 19.8 Å². The zero-order valence-corrected chi connectivity index (χ0v) is 21.8. The maximum absolute atomic E-state index is 12.6. The number of nitrogens with one attached hydrogen (secondary N) is 1. The highest BCUT2D eigenvalue weighted by atomic mass is 16.6. The zero-order valence-electron chi connectivity index (χ0n) is 21.8. The number of hydrogen-bond donors (Lipinski definition) is 1. The second-order valence-corrected chi connectivity index (χ2v) is 11.6. The first kappa shape index (κ1) is 24.6. The van der Waals surface area contributed by atoms with E-state index in [0.717, 1.165) is 68.3 Å². The van der Waals surface area contributed by atoms with Gasteiger partial charge < -0.3 is 14.2 Å². The third kappa shape index (κ3) is 4.67. The van der Waals surface area contributed by atoms with Crippen molar-refractivity contribution in [1.29, 1.82) is 0 Å². The number of hydrogen-bond acceptors (Lipinski definition) is 5. The number of aromatic nitrogens is 2. The molecule has 4 heterocycles. The molecule has 36 heavy (non-hydrogen) atoms. The number of urea groups is 1. The molecule has 0 unspecified atom stereocenters. The first-order chi connectivity index (χ1) is 17.1. The van der Waals surface area contributed by atoms with Crippen molar-refractivity contribution in [3.05, 3.63) is 24.0 Å². The Morgan fingerprint density at radius 3 is 2.61 bits per heavy atom. The first-order valence-corrected chi connectivity index (χ1v) is 13.2. The summed E-state index contributed by atoms with van der Waals surface area (Å²) in [5.41, 5.74) is 2.59. The van der Waals surface area contributed by atoms with Gasteiger partial charge in [-0.25, -0.2) is 14.6 Å². The second kappa shape index (κ2) is 9.09. The lowest BCUT2D eigenvalue weighted by Gasteiger charge is -2.38. The Labute approximate surface area is 212 Å². The molecule has 3 aliphatic rings. The van der Waals surface area contributed by atoms with Gasteiger partial charge in [-0.15, -0.1) is 0 Å². The lowest BCUT2D eigenvalue weighted by molar-refractivity contribution is -0.120. The zero-order chi connectivity index (χ0) is 25.7. The second-order valence-electron chi connectivity index (χ2n) is 11.6. The van der Waals surface area contributed by atoms with Crippen LogP contribution in [0.4, 0.5) is 15.3 Å².